The average Bonchev–Trinajstić information content (AvgIpc) is 2.73. The molecule has 0 radical (unpaired) electrons. The van der Waals surface area contributed by atoms with Crippen molar-refractivity contribution in [2.45, 2.75) is 172 Å². The van der Waals surface area contributed by atoms with E-state index in [1.54, 1.807) is 0 Å². The molecule has 0 N–H and O–H groups in total. The van der Waals surface area contributed by atoms with Gasteiger partial charge in [-0.05, 0) is 31.6 Å². The van der Waals surface area contributed by atoms with Gasteiger partial charge in [0.2, 0.25) is 0 Å². The van der Waals surface area contributed by atoms with Crippen molar-refractivity contribution >= 4 is 32.5 Å². The molecule has 0 aromatic heterocycles. The van der Waals surface area contributed by atoms with Crippen LogP contribution in [0.25, 0.3) is 0 Å². The van der Waals surface area contributed by atoms with Crippen LogP contribution in [0.4, 0.5) is 0 Å². The van der Waals surface area contributed by atoms with Gasteiger partial charge in [-0.1, -0.05) is 166 Å². The molecule has 0 saturated carbocycles. The number of halogens is 1. The van der Waals surface area contributed by atoms with Gasteiger partial charge in [-0.15, -0.1) is 0 Å². The van der Waals surface area contributed by atoms with Crippen molar-refractivity contribution in [1.29, 1.82) is 0 Å². The minimum Gasteiger partial charge on any atom is -0.153 e. The van der Waals surface area contributed by atoms with Crippen LogP contribution in [0.3, 0.4) is 0 Å². The number of hydrogen-bond donors (Lipinski definition) is 0. The molecule has 0 heterocycles. The van der Waals surface area contributed by atoms with Crippen LogP contribution in [0.2, 0.25) is 0 Å². The maximum atomic E-state index is 2.92. The Bertz CT molecular complexity index is 310. The molecular formula is C28H60IP. The topological polar surface area (TPSA) is 0 Å². The maximum absolute atomic E-state index is 2.92. The number of hydrogen-bond acceptors (Lipinski definition) is 0. The normalized spacial score (nSPS) is 12.7. The van der Waals surface area contributed by atoms with Gasteiger partial charge < -0.3 is 0 Å². The summed E-state index contributed by atoms with van der Waals surface area (Å²) < 4.78 is 0.580. The number of rotatable bonds is 23. The second-order valence-corrected chi connectivity index (χ2v) is 11.9. The smallest absolute Gasteiger partial charge is 0.0250 e. The van der Waals surface area contributed by atoms with Crippen molar-refractivity contribution in [1.82, 2.24) is 0 Å². The molecule has 0 bridgehead atoms. The van der Waals surface area contributed by atoms with Gasteiger partial charge in [0, 0.05) is 3.42 Å². The quantitative estimate of drug-likeness (QED) is 0.0510. The first-order valence-corrected chi connectivity index (χ1v) is 14.9. The third-order valence-corrected chi connectivity index (χ3v) is 8.90. The first kappa shape index (κ1) is 33.3. The highest BCUT2D eigenvalue weighted by Crippen LogP contribution is 2.43. The Labute approximate surface area is 210 Å². The van der Waals surface area contributed by atoms with E-state index in [9.17, 15) is 0 Å². The second kappa shape index (κ2) is 24.8. The molecule has 184 valence electrons. The Kier molecular flexibility index (Phi) is 27.6. The van der Waals surface area contributed by atoms with Crippen LogP contribution in [0.5, 0.6) is 0 Å². The van der Waals surface area contributed by atoms with Crippen LogP contribution in [0.1, 0.15) is 169 Å². The van der Waals surface area contributed by atoms with E-state index in [4.69, 9.17) is 0 Å². The third kappa shape index (κ3) is 18.7. The summed E-state index contributed by atoms with van der Waals surface area (Å²) in [5.41, 5.74) is 0. The molecular weight excluding hydrogens is 494 g/mol. The Morgan fingerprint density at radius 2 is 0.800 bits per heavy atom. The molecule has 0 saturated heterocycles. The monoisotopic (exact) mass is 554 g/mol. The largest absolute Gasteiger partial charge is 0.153 e. The van der Waals surface area contributed by atoms with Gasteiger partial charge in [-0.25, -0.2) is 0 Å². The molecule has 30 heavy (non-hydrogen) atoms. The van der Waals surface area contributed by atoms with Crippen LogP contribution in [-0.4, -0.2) is 3.42 Å². The SMILES string of the molecule is CCCCCCCCCCCCCCC(CCCC)C(I)(CCCC)CCCC.P. The van der Waals surface area contributed by atoms with Crippen LogP contribution < -0.4 is 0 Å². The molecule has 2 atom stereocenters. The van der Waals surface area contributed by atoms with Gasteiger partial charge in [0.15, 0.2) is 0 Å². The lowest BCUT2D eigenvalue weighted by molar-refractivity contribution is 0.290. The summed E-state index contributed by atoms with van der Waals surface area (Å²) in [6, 6.07) is 0. The van der Waals surface area contributed by atoms with E-state index >= 15 is 0 Å². The molecule has 0 aliphatic rings. The van der Waals surface area contributed by atoms with E-state index in [0.717, 1.165) is 5.92 Å². The summed E-state index contributed by atoms with van der Waals surface area (Å²) in [5, 5.41) is 0. The first-order valence-electron chi connectivity index (χ1n) is 13.8. The molecule has 0 aromatic rings. The third-order valence-electron chi connectivity index (χ3n) is 6.94. The standard InChI is InChI=1S/C28H57I.H3P/c1-5-9-13-14-15-16-17-18-19-20-21-22-24-27(23-10-6-2)28(29,25-11-7-3)26-12-8-4;/h27H,5-26H2,1-4H3;1H3. The summed E-state index contributed by atoms with van der Waals surface area (Å²) in [7, 11) is 0. The van der Waals surface area contributed by atoms with E-state index in [0.29, 0.717) is 3.42 Å². The highest BCUT2D eigenvalue weighted by molar-refractivity contribution is 14.1. The van der Waals surface area contributed by atoms with Crippen LogP contribution in [0, 0.1) is 5.92 Å². The number of alkyl halides is 1. The molecule has 0 nitrogen and oxygen atoms in total. The van der Waals surface area contributed by atoms with E-state index in [1.165, 1.54) is 141 Å². The predicted molar refractivity (Wildman–Crippen MR) is 156 cm³/mol. The van der Waals surface area contributed by atoms with Gasteiger partial charge in [0.25, 0.3) is 0 Å². The lowest BCUT2D eigenvalue weighted by Gasteiger charge is -2.37. The minimum absolute atomic E-state index is 0. The summed E-state index contributed by atoms with van der Waals surface area (Å²) in [6.07, 6.45) is 31.8. The lowest BCUT2D eigenvalue weighted by atomic mass is 9.78. The summed E-state index contributed by atoms with van der Waals surface area (Å²) in [4.78, 5) is 0. The van der Waals surface area contributed by atoms with Crippen LogP contribution in [-0.2, 0) is 0 Å². The zero-order valence-corrected chi connectivity index (χ0v) is 25.3. The highest BCUT2D eigenvalue weighted by Gasteiger charge is 2.33. The second-order valence-electron chi connectivity index (χ2n) is 9.76. The van der Waals surface area contributed by atoms with Crippen LogP contribution in [0.15, 0.2) is 0 Å². The summed E-state index contributed by atoms with van der Waals surface area (Å²) in [5.74, 6) is 0.962. The van der Waals surface area contributed by atoms with E-state index in [-0.39, 0.29) is 9.90 Å². The molecule has 0 fully saturated rings. The molecule has 0 spiro atoms. The molecule has 0 amide bonds. The molecule has 0 aliphatic carbocycles. The van der Waals surface area contributed by atoms with Crippen molar-refractivity contribution in [2.24, 2.45) is 5.92 Å². The average molecular weight is 555 g/mol. The Morgan fingerprint density at radius 1 is 0.467 bits per heavy atom. The molecule has 2 unspecified atom stereocenters. The maximum Gasteiger partial charge on any atom is 0.0250 e. The molecule has 0 rings (SSSR count). The fourth-order valence-electron chi connectivity index (χ4n) is 4.82. The minimum atomic E-state index is 0. The summed E-state index contributed by atoms with van der Waals surface area (Å²) >= 11 is 2.92. The Balaban J connectivity index is 0. The highest BCUT2D eigenvalue weighted by atomic mass is 127. The fourth-order valence-corrected chi connectivity index (χ4v) is 6.20. The van der Waals surface area contributed by atoms with Crippen molar-refractivity contribution < 1.29 is 0 Å². The number of unbranched alkanes of at least 4 members (excludes halogenated alkanes) is 14. The van der Waals surface area contributed by atoms with E-state index in [2.05, 4.69) is 50.3 Å². The zero-order chi connectivity index (χ0) is 21.6. The van der Waals surface area contributed by atoms with Crippen LogP contribution >= 0.6 is 32.5 Å². The lowest BCUT2D eigenvalue weighted by Crippen LogP contribution is -2.31. The predicted octanol–water partition coefficient (Wildman–Crippen LogP) is 11.5. The molecule has 0 aliphatic heterocycles. The summed E-state index contributed by atoms with van der Waals surface area (Å²) in [6.45, 7) is 9.41. The van der Waals surface area contributed by atoms with Gasteiger partial charge in [0.05, 0.1) is 0 Å². The van der Waals surface area contributed by atoms with Gasteiger partial charge in [0.1, 0.15) is 0 Å². The molecule has 2 heteroatoms. The van der Waals surface area contributed by atoms with Gasteiger partial charge in [-0.3, -0.25) is 0 Å². The van der Waals surface area contributed by atoms with Crippen molar-refractivity contribution in [3.63, 3.8) is 0 Å². The van der Waals surface area contributed by atoms with Gasteiger partial charge >= 0.3 is 0 Å². The fraction of sp³-hybridized carbons (Fsp3) is 1.00. The van der Waals surface area contributed by atoms with Crippen molar-refractivity contribution in [3.8, 4) is 0 Å². The Morgan fingerprint density at radius 3 is 1.20 bits per heavy atom. The first-order chi connectivity index (χ1) is 14.1. The van der Waals surface area contributed by atoms with E-state index < -0.39 is 0 Å². The zero-order valence-electron chi connectivity index (χ0n) is 21.7. The van der Waals surface area contributed by atoms with E-state index in [1.807, 2.05) is 0 Å². The Hall–Kier alpha value is 1.16. The molecule has 0 aromatic carbocycles. The van der Waals surface area contributed by atoms with Crippen molar-refractivity contribution in [2.75, 3.05) is 0 Å². The van der Waals surface area contributed by atoms with Crippen molar-refractivity contribution in [3.05, 3.63) is 0 Å². The van der Waals surface area contributed by atoms with Gasteiger partial charge in [-0.2, -0.15) is 9.90 Å².